The van der Waals surface area contributed by atoms with Crippen molar-refractivity contribution in [2.24, 2.45) is 10.8 Å². The number of hydrogen-bond acceptors (Lipinski definition) is 5. The summed E-state index contributed by atoms with van der Waals surface area (Å²) in [5.74, 6) is 0.935. The minimum atomic E-state index is -0.432. The molecule has 0 amide bonds. The van der Waals surface area contributed by atoms with E-state index < -0.39 is 5.50 Å². The van der Waals surface area contributed by atoms with E-state index in [9.17, 15) is 0 Å². The lowest BCUT2D eigenvalue weighted by atomic mass is 9.89. The third-order valence-electron chi connectivity index (χ3n) is 2.84. The summed E-state index contributed by atoms with van der Waals surface area (Å²) in [6.07, 6.45) is 3.06. The first-order valence-corrected chi connectivity index (χ1v) is 6.16. The van der Waals surface area contributed by atoms with Gasteiger partial charge in [-0.2, -0.15) is 5.10 Å². The number of nitrogens with two attached hydrogens (primary N) is 1. The van der Waals surface area contributed by atoms with Gasteiger partial charge in [-0.05, 0) is 25.3 Å². The molecule has 1 atom stereocenters. The Morgan fingerprint density at radius 3 is 3.00 bits per heavy atom. The molecule has 0 bridgehead atoms. The summed E-state index contributed by atoms with van der Waals surface area (Å²) in [6.45, 7) is 0. The molecule has 0 aromatic heterocycles. The van der Waals surface area contributed by atoms with Gasteiger partial charge in [0, 0.05) is 11.1 Å². The highest BCUT2D eigenvalue weighted by Gasteiger charge is 2.18. The van der Waals surface area contributed by atoms with Crippen LogP contribution in [0.25, 0.3) is 0 Å². The van der Waals surface area contributed by atoms with Crippen LogP contribution in [0.15, 0.2) is 23.3 Å². The minimum absolute atomic E-state index is 0.432. The summed E-state index contributed by atoms with van der Waals surface area (Å²) < 4.78 is 5.37. The molecule has 0 saturated heterocycles. The van der Waals surface area contributed by atoms with Crippen molar-refractivity contribution in [1.29, 1.82) is 0 Å². The van der Waals surface area contributed by atoms with E-state index in [1.807, 2.05) is 12.1 Å². The quantitative estimate of drug-likeness (QED) is 0.433. The minimum Gasteiger partial charge on any atom is -0.496 e. The van der Waals surface area contributed by atoms with Crippen LogP contribution in [-0.2, 0) is 6.42 Å². The molecule has 3 N–H and O–H groups in total. The van der Waals surface area contributed by atoms with Crippen LogP contribution in [0.5, 0.6) is 5.75 Å². The van der Waals surface area contributed by atoms with Crippen LogP contribution in [0.3, 0.4) is 0 Å². The zero-order valence-electron chi connectivity index (χ0n) is 9.81. The zero-order valence-corrected chi connectivity index (χ0v) is 10.7. The predicted octanol–water partition coefficient (Wildman–Crippen LogP) is 1.50. The van der Waals surface area contributed by atoms with Crippen LogP contribution >= 0.6 is 12.6 Å². The second-order valence-electron chi connectivity index (χ2n) is 3.97. The fourth-order valence-electron chi connectivity index (χ4n) is 2.11. The summed E-state index contributed by atoms with van der Waals surface area (Å²) in [7, 11) is 1.70. The standard InChI is InChI=1S/C12H17N3OS/c1-16-11-7-3-4-8-9(11)5-2-6-10(8)14-15-12(13)17/h3-4,7,12,15,17H,2,5-6,13H2,1H3. The fourth-order valence-corrected chi connectivity index (χ4v) is 2.17. The maximum absolute atomic E-state index is 5.51. The van der Waals surface area contributed by atoms with E-state index in [1.54, 1.807) is 7.11 Å². The Hall–Kier alpha value is -1.20. The van der Waals surface area contributed by atoms with Gasteiger partial charge in [0.25, 0.3) is 0 Å². The van der Waals surface area contributed by atoms with Crippen molar-refractivity contribution in [3.05, 3.63) is 29.3 Å². The molecule has 1 aromatic rings. The van der Waals surface area contributed by atoms with Crippen molar-refractivity contribution < 1.29 is 4.74 Å². The highest BCUT2D eigenvalue weighted by Crippen LogP contribution is 2.29. The second-order valence-corrected chi connectivity index (χ2v) is 4.53. The van der Waals surface area contributed by atoms with Gasteiger partial charge in [0.15, 0.2) is 0 Å². The SMILES string of the molecule is COc1cccc2c1CCCC2=NNC(N)S. The number of methoxy groups -OCH3 is 1. The molecule has 1 unspecified atom stereocenters. The Kier molecular flexibility index (Phi) is 3.91. The third-order valence-corrected chi connectivity index (χ3v) is 2.95. The first-order valence-electron chi connectivity index (χ1n) is 5.64. The third kappa shape index (κ3) is 2.73. The van der Waals surface area contributed by atoms with E-state index in [4.69, 9.17) is 10.5 Å². The number of thiol groups is 1. The highest BCUT2D eigenvalue weighted by atomic mass is 32.1. The first-order chi connectivity index (χ1) is 8.22. The van der Waals surface area contributed by atoms with Crippen LogP contribution in [0.1, 0.15) is 24.0 Å². The van der Waals surface area contributed by atoms with Gasteiger partial charge in [0.2, 0.25) is 0 Å². The normalized spacial score (nSPS) is 18.6. The van der Waals surface area contributed by atoms with E-state index in [-0.39, 0.29) is 0 Å². The molecular weight excluding hydrogens is 234 g/mol. The van der Waals surface area contributed by atoms with Crippen molar-refractivity contribution >= 4 is 18.3 Å². The number of nitrogens with zero attached hydrogens (tertiary/aromatic N) is 1. The van der Waals surface area contributed by atoms with Crippen molar-refractivity contribution in [3.63, 3.8) is 0 Å². The lowest BCUT2D eigenvalue weighted by Crippen LogP contribution is -2.29. The maximum Gasteiger partial charge on any atom is 0.136 e. The summed E-state index contributed by atoms with van der Waals surface area (Å²) in [5, 5.41) is 4.31. The number of rotatable bonds is 3. The number of hydrazone groups is 1. The van der Waals surface area contributed by atoms with Gasteiger partial charge in [0.1, 0.15) is 11.2 Å². The van der Waals surface area contributed by atoms with Crippen LogP contribution < -0.4 is 15.9 Å². The van der Waals surface area contributed by atoms with Crippen LogP contribution in [0, 0.1) is 0 Å². The van der Waals surface area contributed by atoms with Gasteiger partial charge >= 0.3 is 0 Å². The van der Waals surface area contributed by atoms with Gasteiger partial charge in [0.05, 0.1) is 12.8 Å². The topological polar surface area (TPSA) is 59.6 Å². The van der Waals surface area contributed by atoms with Gasteiger partial charge in [-0.3, -0.25) is 5.43 Å². The molecule has 5 heteroatoms. The summed E-state index contributed by atoms with van der Waals surface area (Å²) in [5.41, 5.74) is 11.3. The molecule has 17 heavy (non-hydrogen) atoms. The molecule has 0 spiro atoms. The second kappa shape index (κ2) is 5.42. The molecule has 0 saturated carbocycles. The smallest absolute Gasteiger partial charge is 0.136 e. The zero-order chi connectivity index (χ0) is 12.3. The lowest BCUT2D eigenvalue weighted by Gasteiger charge is -2.20. The molecule has 2 rings (SSSR count). The van der Waals surface area contributed by atoms with Gasteiger partial charge in [-0.25, -0.2) is 0 Å². The van der Waals surface area contributed by atoms with Crippen molar-refractivity contribution in [2.75, 3.05) is 7.11 Å². The van der Waals surface area contributed by atoms with Crippen LogP contribution in [-0.4, -0.2) is 18.3 Å². The van der Waals surface area contributed by atoms with E-state index in [0.29, 0.717) is 0 Å². The van der Waals surface area contributed by atoms with Crippen molar-refractivity contribution in [3.8, 4) is 5.75 Å². The lowest BCUT2D eigenvalue weighted by molar-refractivity contribution is 0.408. The summed E-state index contributed by atoms with van der Waals surface area (Å²) in [4.78, 5) is 0. The highest BCUT2D eigenvalue weighted by molar-refractivity contribution is 7.80. The fraction of sp³-hybridized carbons (Fsp3) is 0.417. The predicted molar refractivity (Wildman–Crippen MR) is 72.6 cm³/mol. The largest absolute Gasteiger partial charge is 0.496 e. The summed E-state index contributed by atoms with van der Waals surface area (Å²) in [6, 6.07) is 6.04. The Balaban J connectivity index is 2.34. The average molecular weight is 251 g/mol. The molecule has 0 aliphatic heterocycles. The van der Waals surface area contributed by atoms with E-state index in [0.717, 1.165) is 36.3 Å². The van der Waals surface area contributed by atoms with Crippen LogP contribution in [0.2, 0.25) is 0 Å². The first kappa shape index (κ1) is 12.3. The van der Waals surface area contributed by atoms with Gasteiger partial charge < -0.3 is 10.5 Å². The number of nitrogens with one attached hydrogen (secondary N) is 1. The Morgan fingerprint density at radius 1 is 1.47 bits per heavy atom. The van der Waals surface area contributed by atoms with Crippen LogP contribution in [0.4, 0.5) is 0 Å². The monoisotopic (exact) mass is 251 g/mol. The molecule has 0 heterocycles. The molecular formula is C12H17N3OS. The Labute approximate surface area is 107 Å². The molecule has 1 aliphatic rings. The molecule has 92 valence electrons. The van der Waals surface area contributed by atoms with E-state index in [2.05, 4.69) is 29.2 Å². The number of benzene rings is 1. The average Bonchev–Trinajstić information content (AvgIpc) is 2.35. The molecule has 1 aromatic carbocycles. The van der Waals surface area contributed by atoms with Gasteiger partial charge in [-0.15, -0.1) is 12.6 Å². The number of ether oxygens (including phenoxy) is 1. The molecule has 0 radical (unpaired) electrons. The Bertz CT molecular complexity index is 432. The number of fused-ring (bicyclic) bond motifs is 1. The maximum atomic E-state index is 5.51. The molecule has 4 nitrogen and oxygen atoms in total. The number of hydrogen-bond donors (Lipinski definition) is 3. The van der Waals surface area contributed by atoms with Gasteiger partial charge in [-0.1, -0.05) is 12.1 Å². The van der Waals surface area contributed by atoms with E-state index >= 15 is 0 Å². The van der Waals surface area contributed by atoms with Crippen molar-refractivity contribution in [2.45, 2.75) is 24.8 Å². The molecule has 1 aliphatic carbocycles. The summed E-state index contributed by atoms with van der Waals surface area (Å²) >= 11 is 4.04. The van der Waals surface area contributed by atoms with E-state index in [1.165, 1.54) is 5.56 Å². The Morgan fingerprint density at radius 2 is 2.29 bits per heavy atom. The van der Waals surface area contributed by atoms with Crippen molar-refractivity contribution in [1.82, 2.24) is 5.43 Å². The molecule has 0 fully saturated rings.